The van der Waals surface area contributed by atoms with Gasteiger partial charge in [-0.15, -0.1) is 10.2 Å². The molecule has 1 aromatic carbocycles. The van der Waals surface area contributed by atoms with Gasteiger partial charge in [-0.2, -0.15) is 0 Å². The second-order valence-corrected chi connectivity index (χ2v) is 6.80. The van der Waals surface area contributed by atoms with Crippen molar-refractivity contribution in [1.82, 2.24) is 19.7 Å². The number of aromatic nitrogens is 3. The monoisotopic (exact) mass is 313 g/mol. The van der Waals surface area contributed by atoms with Gasteiger partial charge in [-0.05, 0) is 37.4 Å². The van der Waals surface area contributed by atoms with E-state index in [2.05, 4.69) is 64.9 Å². The van der Waals surface area contributed by atoms with E-state index in [1.54, 1.807) is 0 Å². The summed E-state index contributed by atoms with van der Waals surface area (Å²) in [5.41, 5.74) is 8.60. The fraction of sp³-hybridized carbons (Fsp3) is 0.556. The van der Waals surface area contributed by atoms with Crippen LogP contribution in [-0.2, 0) is 26.6 Å². The van der Waals surface area contributed by atoms with Crippen molar-refractivity contribution < 1.29 is 0 Å². The lowest BCUT2D eigenvalue weighted by Crippen LogP contribution is -2.36. The van der Waals surface area contributed by atoms with Crippen LogP contribution >= 0.6 is 0 Å². The van der Waals surface area contributed by atoms with Crippen molar-refractivity contribution >= 4 is 0 Å². The zero-order valence-electron chi connectivity index (χ0n) is 14.4. The van der Waals surface area contributed by atoms with Gasteiger partial charge in [-0.25, -0.2) is 0 Å². The minimum atomic E-state index is 0.342. The SMILES string of the molecule is CCc1ccc(CN(C)Cc2nnc(C3CC(N)C3)n2C)cc1. The molecule has 0 atom stereocenters. The third-order valence-corrected chi connectivity index (χ3v) is 4.83. The van der Waals surface area contributed by atoms with Crippen LogP contribution in [0, 0.1) is 0 Å². The smallest absolute Gasteiger partial charge is 0.146 e. The molecule has 124 valence electrons. The predicted octanol–water partition coefficient (Wildman–Crippen LogP) is 2.21. The molecule has 0 saturated heterocycles. The summed E-state index contributed by atoms with van der Waals surface area (Å²) in [5.74, 6) is 2.60. The van der Waals surface area contributed by atoms with Gasteiger partial charge in [-0.3, -0.25) is 4.90 Å². The van der Waals surface area contributed by atoms with E-state index in [-0.39, 0.29) is 0 Å². The van der Waals surface area contributed by atoms with E-state index in [1.165, 1.54) is 11.1 Å². The molecule has 0 bridgehead atoms. The third kappa shape index (κ3) is 3.62. The topological polar surface area (TPSA) is 60.0 Å². The number of hydrogen-bond acceptors (Lipinski definition) is 4. The average molecular weight is 313 g/mol. The molecule has 2 aromatic rings. The molecular weight excluding hydrogens is 286 g/mol. The summed E-state index contributed by atoms with van der Waals surface area (Å²) in [4.78, 5) is 2.28. The standard InChI is InChI=1S/C18H27N5/c1-4-13-5-7-14(8-6-13)11-22(2)12-17-20-21-18(23(17)3)15-9-16(19)10-15/h5-8,15-16H,4,9-12,19H2,1-3H3. The zero-order valence-corrected chi connectivity index (χ0v) is 14.4. The Morgan fingerprint density at radius 2 is 1.78 bits per heavy atom. The average Bonchev–Trinajstić information content (AvgIpc) is 2.85. The van der Waals surface area contributed by atoms with E-state index in [4.69, 9.17) is 5.73 Å². The van der Waals surface area contributed by atoms with Crippen LogP contribution in [0.4, 0.5) is 0 Å². The van der Waals surface area contributed by atoms with Crippen molar-refractivity contribution in [3.8, 4) is 0 Å². The summed E-state index contributed by atoms with van der Waals surface area (Å²) in [6.45, 7) is 3.90. The lowest BCUT2D eigenvalue weighted by atomic mass is 9.80. The van der Waals surface area contributed by atoms with Gasteiger partial charge in [0.05, 0.1) is 6.54 Å². The van der Waals surface area contributed by atoms with Crippen LogP contribution < -0.4 is 5.73 Å². The van der Waals surface area contributed by atoms with Crippen LogP contribution in [0.3, 0.4) is 0 Å². The molecule has 0 spiro atoms. The number of rotatable bonds is 6. The van der Waals surface area contributed by atoms with Gasteiger partial charge in [0, 0.05) is 25.6 Å². The van der Waals surface area contributed by atoms with Crippen LogP contribution in [-0.4, -0.2) is 32.8 Å². The highest BCUT2D eigenvalue weighted by atomic mass is 15.3. The molecule has 1 aliphatic carbocycles. The van der Waals surface area contributed by atoms with E-state index in [0.29, 0.717) is 12.0 Å². The Labute approximate surface area is 138 Å². The Kier molecular flexibility index (Phi) is 4.78. The molecule has 1 heterocycles. The van der Waals surface area contributed by atoms with E-state index < -0.39 is 0 Å². The number of nitrogens with zero attached hydrogens (tertiary/aromatic N) is 4. The highest BCUT2D eigenvalue weighted by Gasteiger charge is 2.31. The fourth-order valence-corrected chi connectivity index (χ4v) is 3.23. The molecule has 1 fully saturated rings. The second-order valence-electron chi connectivity index (χ2n) is 6.80. The summed E-state index contributed by atoms with van der Waals surface area (Å²) in [5, 5.41) is 8.77. The molecule has 2 N–H and O–H groups in total. The highest BCUT2D eigenvalue weighted by Crippen LogP contribution is 2.34. The summed E-state index contributed by atoms with van der Waals surface area (Å²) in [7, 11) is 4.19. The normalized spacial score (nSPS) is 20.7. The van der Waals surface area contributed by atoms with Crippen molar-refractivity contribution in [2.24, 2.45) is 12.8 Å². The maximum Gasteiger partial charge on any atom is 0.146 e. The number of hydrogen-bond donors (Lipinski definition) is 1. The molecule has 1 aliphatic rings. The van der Waals surface area contributed by atoms with Crippen LogP contribution in [0.25, 0.3) is 0 Å². The van der Waals surface area contributed by atoms with Gasteiger partial charge >= 0.3 is 0 Å². The first-order valence-electron chi connectivity index (χ1n) is 8.47. The van der Waals surface area contributed by atoms with Gasteiger partial charge in [0.1, 0.15) is 11.6 Å². The molecule has 0 amide bonds. The molecule has 0 aliphatic heterocycles. The summed E-state index contributed by atoms with van der Waals surface area (Å²) >= 11 is 0. The van der Waals surface area contributed by atoms with Gasteiger partial charge in [0.15, 0.2) is 0 Å². The van der Waals surface area contributed by atoms with E-state index in [9.17, 15) is 0 Å². The molecule has 5 nitrogen and oxygen atoms in total. The molecule has 3 rings (SSSR count). The Balaban J connectivity index is 1.60. The van der Waals surface area contributed by atoms with Gasteiger partial charge in [0.25, 0.3) is 0 Å². The number of aryl methyl sites for hydroxylation is 1. The van der Waals surface area contributed by atoms with E-state index in [1.807, 2.05) is 0 Å². The van der Waals surface area contributed by atoms with Crippen molar-refractivity contribution in [1.29, 1.82) is 0 Å². The first kappa shape index (κ1) is 16.1. The molecular formula is C18H27N5. The summed E-state index contributed by atoms with van der Waals surface area (Å²) in [6.07, 6.45) is 3.15. The Morgan fingerprint density at radius 3 is 2.39 bits per heavy atom. The second kappa shape index (κ2) is 6.81. The lowest BCUT2D eigenvalue weighted by Gasteiger charge is -2.31. The largest absolute Gasteiger partial charge is 0.328 e. The molecule has 23 heavy (non-hydrogen) atoms. The van der Waals surface area contributed by atoms with Crippen LogP contribution in [0.2, 0.25) is 0 Å². The zero-order chi connectivity index (χ0) is 16.4. The Hall–Kier alpha value is -1.72. The Morgan fingerprint density at radius 1 is 1.13 bits per heavy atom. The van der Waals surface area contributed by atoms with Crippen LogP contribution in [0.5, 0.6) is 0 Å². The van der Waals surface area contributed by atoms with E-state index in [0.717, 1.165) is 44.0 Å². The first-order valence-corrected chi connectivity index (χ1v) is 8.47. The van der Waals surface area contributed by atoms with Gasteiger partial charge in [0.2, 0.25) is 0 Å². The minimum absolute atomic E-state index is 0.342. The molecule has 5 heteroatoms. The number of benzene rings is 1. The molecule has 1 saturated carbocycles. The van der Waals surface area contributed by atoms with Gasteiger partial charge < -0.3 is 10.3 Å². The quantitative estimate of drug-likeness (QED) is 0.888. The van der Waals surface area contributed by atoms with Crippen molar-refractivity contribution in [2.45, 2.75) is 51.2 Å². The Bertz CT molecular complexity index is 640. The van der Waals surface area contributed by atoms with Crippen molar-refractivity contribution in [3.05, 3.63) is 47.0 Å². The van der Waals surface area contributed by atoms with Crippen molar-refractivity contribution in [3.63, 3.8) is 0 Å². The van der Waals surface area contributed by atoms with E-state index >= 15 is 0 Å². The highest BCUT2D eigenvalue weighted by molar-refractivity contribution is 5.22. The molecule has 0 unspecified atom stereocenters. The van der Waals surface area contributed by atoms with Crippen LogP contribution in [0.1, 0.15) is 48.5 Å². The predicted molar refractivity (Wildman–Crippen MR) is 91.9 cm³/mol. The maximum absolute atomic E-state index is 5.88. The lowest BCUT2D eigenvalue weighted by molar-refractivity contribution is 0.302. The maximum atomic E-state index is 5.88. The van der Waals surface area contributed by atoms with Crippen LogP contribution in [0.15, 0.2) is 24.3 Å². The molecule has 1 aromatic heterocycles. The molecule has 0 radical (unpaired) electrons. The number of nitrogens with two attached hydrogens (primary N) is 1. The summed E-state index contributed by atoms with van der Waals surface area (Å²) in [6, 6.07) is 9.20. The fourth-order valence-electron chi connectivity index (χ4n) is 3.23. The third-order valence-electron chi connectivity index (χ3n) is 4.83. The summed E-state index contributed by atoms with van der Waals surface area (Å²) < 4.78 is 2.15. The van der Waals surface area contributed by atoms with Gasteiger partial charge in [-0.1, -0.05) is 31.2 Å². The minimum Gasteiger partial charge on any atom is -0.328 e. The first-order chi connectivity index (χ1) is 11.1. The van der Waals surface area contributed by atoms with Crippen molar-refractivity contribution in [2.75, 3.05) is 7.05 Å².